The summed E-state index contributed by atoms with van der Waals surface area (Å²) in [6, 6.07) is 3.82. The highest BCUT2D eigenvalue weighted by molar-refractivity contribution is 8.14. The molecule has 0 atom stereocenters. The van der Waals surface area contributed by atoms with E-state index in [0.717, 1.165) is 23.5 Å². The van der Waals surface area contributed by atoms with Gasteiger partial charge in [0.05, 0.1) is 0 Å². The first-order chi connectivity index (χ1) is 9.17. The summed E-state index contributed by atoms with van der Waals surface area (Å²) in [5, 5.41) is 3.87. The maximum atomic E-state index is 13.1. The maximum absolute atomic E-state index is 13.1. The zero-order valence-electron chi connectivity index (χ0n) is 10.6. The third-order valence-electron chi connectivity index (χ3n) is 3.91. The Balaban J connectivity index is 1.67. The van der Waals surface area contributed by atoms with Crippen LogP contribution in [0, 0.1) is 17.0 Å². The van der Waals surface area contributed by atoms with Crippen LogP contribution in [0.4, 0.5) is 14.5 Å². The van der Waals surface area contributed by atoms with Crippen LogP contribution >= 0.6 is 11.8 Å². The smallest absolute Gasteiger partial charge is 0.161 e. The average molecular weight is 282 g/mol. The molecule has 2 aliphatic rings. The fourth-order valence-corrected chi connectivity index (χ4v) is 3.92. The van der Waals surface area contributed by atoms with Crippen LogP contribution in [0.2, 0.25) is 0 Å². The van der Waals surface area contributed by atoms with Gasteiger partial charge in [0, 0.05) is 24.1 Å². The molecule has 1 aliphatic heterocycles. The molecule has 5 heteroatoms. The number of aliphatic imine (C=N–C) groups is 1. The number of thioether (sulfide) groups is 1. The lowest BCUT2D eigenvalue weighted by atomic mass is 9.89. The summed E-state index contributed by atoms with van der Waals surface area (Å²) in [5.74, 6) is -0.588. The lowest BCUT2D eigenvalue weighted by molar-refractivity contribution is 0.359. The van der Waals surface area contributed by atoms with Crippen LogP contribution in [0.5, 0.6) is 0 Å². The molecular formula is C14H16F2N2S. The Hall–Kier alpha value is -1.10. The molecule has 1 N–H and O–H groups in total. The summed E-state index contributed by atoms with van der Waals surface area (Å²) in [6.07, 6.45) is 5.15. The standard InChI is InChI=1S/C14H16F2N2S/c15-11-4-3-10(7-12(11)16)18-13-17-8-14(9-19-13)5-1-2-6-14/h3-4,7H,1-2,5-6,8-9H2,(H,17,18). The molecule has 1 fully saturated rings. The van der Waals surface area contributed by atoms with E-state index in [0.29, 0.717) is 11.1 Å². The monoisotopic (exact) mass is 282 g/mol. The molecule has 1 spiro atoms. The molecule has 3 rings (SSSR count). The number of nitrogens with one attached hydrogen (secondary N) is 1. The molecule has 0 unspecified atom stereocenters. The Morgan fingerprint density at radius 1 is 1.16 bits per heavy atom. The van der Waals surface area contributed by atoms with Crippen molar-refractivity contribution < 1.29 is 8.78 Å². The fraction of sp³-hybridized carbons (Fsp3) is 0.500. The van der Waals surface area contributed by atoms with Crippen molar-refractivity contribution in [1.82, 2.24) is 0 Å². The number of hydrogen-bond acceptors (Lipinski definition) is 3. The van der Waals surface area contributed by atoms with E-state index in [9.17, 15) is 8.78 Å². The van der Waals surface area contributed by atoms with Crippen LogP contribution in [0.1, 0.15) is 25.7 Å². The minimum Gasteiger partial charge on any atom is -0.335 e. The molecular weight excluding hydrogens is 266 g/mol. The molecule has 0 radical (unpaired) electrons. The van der Waals surface area contributed by atoms with Crippen molar-refractivity contribution >= 4 is 22.6 Å². The largest absolute Gasteiger partial charge is 0.335 e. The number of hydrogen-bond donors (Lipinski definition) is 1. The van der Waals surface area contributed by atoms with Crippen LogP contribution in [0.3, 0.4) is 0 Å². The SMILES string of the molecule is Fc1ccc(NC2=NCC3(CCCC3)CS2)cc1F. The van der Waals surface area contributed by atoms with Crippen molar-refractivity contribution in [1.29, 1.82) is 0 Å². The summed E-state index contributed by atoms with van der Waals surface area (Å²) in [6.45, 7) is 0.853. The summed E-state index contributed by atoms with van der Waals surface area (Å²) < 4.78 is 26.0. The van der Waals surface area contributed by atoms with E-state index in [1.165, 1.54) is 37.8 Å². The number of anilines is 1. The molecule has 0 saturated heterocycles. The van der Waals surface area contributed by atoms with Crippen LogP contribution in [-0.2, 0) is 0 Å². The molecule has 0 amide bonds. The number of rotatable bonds is 1. The van der Waals surface area contributed by atoms with Gasteiger partial charge in [-0.25, -0.2) is 8.78 Å². The van der Waals surface area contributed by atoms with E-state index >= 15 is 0 Å². The predicted molar refractivity (Wildman–Crippen MR) is 75.6 cm³/mol. The van der Waals surface area contributed by atoms with Crippen molar-refractivity contribution in [3.8, 4) is 0 Å². The molecule has 1 aromatic carbocycles. The highest BCUT2D eigenvalue weighted by atomic mass is 32.2. The maximum Gasteiger partial charge on any atom is 0.161 e. The van der Waals surface area contributed by atoms with Crippen LogP contribution in [0.25, 0.3) is 0 Å². The Morgan fingerprint density at radius 2 is 1.95 bits per heavy atom. The third kappa shape index (κ3) is 2.76. The number of nitrogens with zero attached hydrogens (tertiary/aromatic N) is 1. The molecule has 1 saturated carbocycles. The van der Waals surface area contributed by atoms with Crippen LogP contribution in [-0.4, -0.2) is 17.5 Å². The number of halogens is 2. The van der Waals surface area contributed by atoms with Gasteiger partial charge in [-0.3, -0.25) is 4.99 Å². The topological polar surface area (TPSA) is 24.4 Å². The lowest BCUT2D eigenvalue weighted by Gasteiger charge is -2.31. The van der Waals surface area contributed by atoms with Gasteiger partial charge in [-0.15, -0.1) is 0 Å². The normalized spacial score (nSPS) is 21.5. The Bertz CT molecular complexity index is 510. The zero-order chi connectivity index (χ0) is 13.3. The van der Waals surface area contributed by atoms with Gasteiger partial charge in [-0.05, 0) is 30.4 Å². The third-order valence-corrected chi connectivity index (χ3v) is 5.17. The van der Waals surface area contributed by atoms with Gasteiger partial charge in [0.2, 0.25) is 0 Å². The first-order valence-electron chi connectivity index (χ1n) is 6.56. The molecule has 1 aliphatic carbocycles. The summed E-state index contributed by atoms with van der Waals surface area (Å²) in [4.78, 5) is 4.56. The van der Waals surface area contributed by atoms with Crippen molar-refractivity contribution in [3.05, 3.63) is 29.8 Å². The molecule has 1 aromatic rings. The molecule has 2 nitrogen and oxygen atoms in total. The zero-order valence-corrected chi connectivity index (χ0v) is 11.4. The van der Waals surface area contributed by atoms with Crippen LogP contribution < -0.4 is 5.32 Å². The second kappa shape index (κ2) is 5.12. The first-order valence-corrected chi connectivity index (χ1v) is 7.55. The van der Waals surface area contributed by atoms with E-state index < -0.39 is 11.6 Å². The van der Waals surface area contributed by atoms with Crippen molar-refractivity contribution in [2.75, 3.05) is 17.6 Å². The Labute approximate surface area is 115 Å². The first kappa shape index (κ1) is 12.9. The van der Waals surface area contributed by atoms with E-state index in [4.69, 9.17) is 0 Å². The van der Waals surface area contributed by atoms with Gasteiger partial charge >= 0.3 is 0 Å². The highest BCUT2D eigenvalue weighted by Crippen LogP contribution is 2.43. The second-order valence-electron chi connectivity index (χ2n) is 5.37. The molecule has 19 heavy (non-hydrogen) atoms. The molecule has 0 bridgehead atoms. The van der Waals surface area contributed by atoms with Crippen molar-refractivity contribution in [3.63, 3.8) is 0 Å². The van der Waals surface area contributed by atoms with Gasteiger partial charge in [0.15, 0.2) is 16.8 Å². The quantitative estimate of drug-likeness (QED) is 0.840. The number of benzene rings is 1. The van der Waals surface area contributed by atoms with Gasteiger partial charge < -0.3 is 5.32 Å². The van der Waals surface area contributed by atoms with Crippen molar-refractivity contribution in [2.24, 2.45) is 10.4 Å². The van der Waals surface area contributed by atoms with Gasteiger partial charge in [-0.2, -0.15) is 0 Å². The summed E-state index contributed by atoms with van der Waals surface area (Å²) in [7, 11) is 0. The second-order valence-corrected chi connectivity index (χ2v) is 6.34. The average Bonchev–Trinajstić information content (AvgIpc) is 2.86. The fourth-order valence-electron chi connectivity index (χ4n) is 2.75. The van der Waals surface area contributed by atoms with Crippen LogP contribution in [0.15, 0.2) is 23.2 Å². The van der Waals surface area contributed by atoms with Gasteiger partial charge in [0.1, 0.15) is 0 Å². The van der Waals surface area contributed by atoms with E-state index in [1.54, 1.807) is 11.8 Å². The predicted octanol–water partition coefficient (Wildman–Crippen LogP) is 4.04. The van der Waals surface area contributed by atoms with E-state index in [-0.39, 0.29) is 0 Å². The van der Waals surface area contributed by atoms with Gasteiger partial charge in [0.25, 0.3) is 0 Å². The van der Waals surface area contributed by atoms with E-state index in [1.807, 2.05) is 0 Å². The minimum absolute atomic E-state index is 0.393. The number of amidine groups is 1. The highest BCUT2D eigenvalue weighted by Gasteiger charge is 2.36. The Kier molecular flexibility index (Phi) is 3.48. The van der Waals surface area contributed by atoms with Crippen molar-refractivity contribution in [2.45, 2.75) is 25.7 Å². The molecule has 0 aromatic heterocycles. The van der Waals surface area contributed by atoms with Gasteiger partial charge in [-0.1, -0.05) is 24.6 Å². The lowest BCUT2D eigenvalue weighted by Crippen LogP contribution is -2.30. The molecule has 102 valence electrons. The summed E-state index contributed by atoms with van der Waals surface area (Å²) >= 11 is 1.69. The minimum atomic E-state index is -0.835. The molecule has 1 heterocycles. The Morgan fingerprint density at radius 3 is 2.58 bits per heavy atom. The summed E-state index contributed by atoms with van der Waals surface area (Å²) in [5.41, 5.74) is 0.941. The van der Waals surface area contributed by atoms with E-state index in [2.05, 4.69) is 10.3 Å².